The number of nitrogens with zero attached hydrogens (tertiary/aromatic N) is 3. The van der Waals surface area contributed by atoms with Crippen LogP contribution in [0.4, 0.5) is 0 Å². The molecule has 0 N–H and O–H groups in total. The molecule has 90 valence electrons. The standard InChI is InChI=1S/C13H17N3O/c17-13(12-7-14-5-6-15-12)16-8-10-3-1-2-4-11(10)9-16/h5-7,10-11H,1-4,8-9H2. The zero-order chi connectivity index (χ0) is 11.7. The van der Waals surface area contributed by atoms with Gasteiger partial charge in [0.15, 0.2) is 0 Å². The Bertz CT molecular complexity index is 392. The van der Waals surface area contributed by atoms with Gasteiger partial charge in [-0.05, 0) is 24.7 Å². The van der Waals surface area contributed by atoms with Gasteiger partial charge in [-0.25, -0.2) is 4.98 Å². The Kier molecular flexibility index (Phi) is 2.79. The molecule has 1 aromatic heterocycles. The van der Waals surface area contributed by atoms with E-state index in [1.165, 1.54) is 25.7 Å². The van der Waals surface area contributed by atoms with Gasteiger partial charge in [0.05, 0.1) is 6.20 Å². The summed E-state index contributed by atoms with van der Waals surface area (Å²) in [7, 11) is 0. The molecule has 1 aliphatic heterocycles. The third-order valence-corrected chi connectivity index (χ3v) is 4.05. The van der Waals surface area contributed by atoms with Gasteiger partial charge in [0.25, 0.3) is 5.91 Å². The highest BCUT2D eigenvalue weighted by atomic mass is 16.2. The van der Waals surface area contributed by atoms with Crippen LogP contribution in [-0.4, -0.2) is 33.9 Å². The van der Waals surface area contributed by atoms with Crippen LogP contribution in [0.2, 0.25) is 0 Å². The van der Waals surface area contributed by atoms with Crippen LogP contribution in [-0.2, 0) is 0 Å². The van der Waals surface area contributed by atoms with Gasteiger partial charge in [-0.15, -0.1) is 0 Å². The number of likely N-dealkylation sites (tertiary alicyclic amines) is 1. The second-order valence-electron chi connectivity index (χ2n) is 5.11. The summed E-state index contributed by atoms with van der Waals surface area (Å²) in [5.41, 5.74) is 0.478. The lowest BCUT2D eigenvalue weighted by atomic mass is 9.82. The number of carbonyl (C=O) groups excluding carboxylic acids is 1. The molecule has 0 aromatic carbocycles. The topological polar surface area (TPSA) is 46.1 Å². The number of amides is 1. The van der Waals surface area contributed by atoms with E-state index < -0.39 is 0 Å². The number of carbonyl (C=O) groups is 1. The van der Waals surface area contributed by atoms with Gasteiger partial charge < -0.3 is 4.90 Å². The van der Waals surface area contributed by atoms with Crippen LogP contribution in [0.1, 0.15) is 36.2 Å². The first-order valence-electron chi connectivity index (χ1n) is 6.40. The van der Waals surface area contributed by atoms with Crippen molar-refractivity contribution in [2.75, 3.05) is 13.1 Å². The summed E-state index contributed by atoms with van der Waals surface area (Å²) in [5.74, 6) is 1.50. The second-order valence-corrected chi connectivity index (χ2v) is 5.11. The van der Waals surface area contributed by atoms with Crippen molar-refractivity contribution in [1.29, 1.82) is 0 Å². The maximum absolute atomic E-state index is 12.2. The molecule has 2 heterocycles. The predicted molar refractivity (Wildman–Crippen MR) is 63.4 cm³/mol. The number of hydrogen-bond acceptors (Lipinski definition) is 3. The molecule has 0 spiro atoms. The monoisotopic (exact) mass is 231 g/mol. The summed E-state index contributed by atoms with van der Waals surface area (Å²) in [4.78, 5) is 22.2. The molecule has 0 radical (unpaired) electrons. The molecule has 4 nitrogen and oxygen atoms in total. The van der Waals surface area contributed by atoms with Gasteiger partial charge in [-0.2, -0.15) is 0 Å². The lowest BCUT2D eigenvalue weighted by Gasteiger charge is -2.22. The van der Waals surface area contributed by atoms with Crippen molar-refractivity contribution in [3.8, 4) is 0 Å². The Hall–Kier alpha value is -1.45. The van der Waals surface area contributed by atoms with Crippen LogP contribution >= 0.6 is 0 Å². The lowest BCUT2D eigenvalue weighted by molar-refractivity contribution is 0.0777. The molecule has 1 aromatic rings. The van der Waals surface area contributed by atoms with Crippen LogP contribution in [0.3, 0.4) is 0 Å². The van der Waals surface area contributed by atoms with E-state index in [9.17, 15) is 4.79 Å². The highest BCUT2D eigenvalue weighted by molar-refractivity contribution is 5.92. The summed E-state index contributed by atoms with van der Waals surface area (Å²) >= 11 is 0. The van der Waals surface area contributed by atoms with E-state index in [-0.39, 0.29) is 5.91 Å². The Balaban J connectivity index is 1.72. The van der Waals surface area contributed by atoms with E-state index >= 15 is 0 Å². The Morgan fingerprint density at radius 1 is 1.18 bits per heavy atom. The third-order valence-electron chi connectivity index (χ3n) is 4.05. The van der Waals surface area contributed by atoms with Crippen LogP contribution < -0.4 is 0 Å². The number of aromatic nitrogens is 2. The molecule has 1 saturated carbocycles. The van der Waals surface area contributed by atoms with Crippen molar-refractivity contribution in [3.63, 3.8) is 0 Å². The van der Waals surface area contributed by atoms with Gasteiger partial charge in [0.2, 0.25) is 0 Å². The zero-order valence-corrected chi connectivity index (χ0v) is 9.88. The molecule has 1 amide bonds. The summed E-state index contributed by atoms with van der Waals surface area (Å²) < 4.78 is 0. The minimum absolute atomic E-state index is 0.0486. The van der Waals surface area contributed by atoms with Gasteiger partial charge in [0, 0.05) is 25.5 Å². The summed E-state index contributed by atoms with van der Waals surface area (Å²) in [6, 6.07) is 0. The van der Waals surface area contributed by atoms with Gasteiger partial charge in [-0.1, -0.05) is 12.8 Å². The Labute approximate surface area is 101 Å². The fourth-order valence-corrected chi connectivity index (χ4v) is 3.14. The fourth-order valence-electron chi connectivity index (χ4n) is 3.14. The van der Waals surface area contributed by atoms with Crippen molar-refractivity contribution in [1.82, 2.24) is 14.9 Å². The number of rotatable bonds is 1. The van der Waals surface area contributed by atoms with Crippen LogP contribution in [0, 0.1) is 11.8 Å². The molecule has 0 bridgehead atoms. The van der Waals surface area contributed by atoms with Crippen LogP contribution in [0.15, 0.2) is 18.6 Å². The van der Waals surface area contributed by atoms with E-state index in [2.05, 4.69) is 9.97 Å². The normalized spacial score (nSPS) is 27.9. The van der Waals surface area contributed by atoms with Crippen molar-refractivity contribution < 1.29 is 4.79 Å². The molecule has 2 unspecified atom stereocenters. The van der Waals surface area contributed by atoms with E-state index in [0.29, 0.717) is 5.69 Å². The third kappa shape index (κ3) is 2.04. The highest BCUT2D eigenvalue weighted by Gasteiger charge is 2.36. The van der Waals surface area contributed by atoms with Gasteiger partial charge in [-0.3, -0.25) is 9.78 Å². The highest BCUT2D eigenvalue weighted by Crippen LogP contribution is 2.36. The maximum Gasteiger partial charge on any atom is 0.274 e. The summed E-state index contributed by atoms with van der Waals surface area (Å²) in [6.45, 7) is 1.83. The molecule has 2 atom stereocenters. The second kappa shape index (κ2) is 4.43. The van der Waals surface area contributed by atoms with E-state index in [4.69, 9.17) is 0 Å². The molecular weight excluding hydrogens is 214 g/mol. The molecule has 17 heavy (non-hydrogen) atoms. The minimum atomic E-state index is 0.0486. The first kappa shape index (κ1) is 10.7. The van der Waals surface area contributed by atoms with E-state index in [0.717, 1.165) is 24.9 Å². The summed E-state index contributed by atoms with van der Waals surface area (Å²) in [6.07, 6.45) is 9.97. The van der Waals surface area contributed by atoms with Crippen molar-refractivity contribution in [2.45, 2.75) is 25.7 Å². The van der Waals surface area contributed by atoms with Crippen molar-refractivity contribution >= 4 is 5.91 Å². The first-order valence-corrected chi connectivity index (χ1v) is 6.40. The number of hydrogen-bond donors (Lipinski definition) is 0. The lowest BCUT2D eigenvalue weighted by Crippen LogP contribution is -2.29. The minimum Gasteiger partial charge on any atom is -0.337 e. The quantitative estimate of drug-likeness (QED) is 0.739. The Morgan fingerprint density at radius 2 is 1.88 bits per heavy atom. The fraction of sp³-hybridized carbons (Fsp3) is 0.615. The molecular formula is C13H17N3O. The van der Waals surface area contributed by atoms with Crippen molar-refractivity contribution in [2.24, 2.45) is 11.8 Å². The molecule has 1 saturated heterocycles. The predicted octanol–water partition coefficient (Wildman–Crippen LogP) is 1.74. The zero-order valence-electron chi connectivity index (χ0n) is 9.88. The van der Waals surface area contributed by atoms with Gasteiger partial charge in [0.1, 0.15) is 5.69 Å². The average Bonchev–Trinajstić information content (AvgIpc) is 2.82. The molecule has 2 fully saturated rings. The maximum atomic E-state index is 12.2. The summed E-state index contributed by atoms with van der Waals surface area (Å²) in [5, 5.41) is 0. The smallest absolute Gasteiger partial charge is 0.274 e. The van der Waals surface area contributed by atoms with Gasteiger partial charge >= 0.3 is 0 Å². The molecule has 3 rings (SSSR count). The largest absolute Gasteiger partial charge is 0.337 e. The van der Waals surface area contributed by atoms with E-state index in [1.54, 1.807) is 18.6 Å². The molecule has 2 aliphatic rings. The van der Waals surface area contributed by atoms with E-state index in [1.807, 2.05) is 4.90 Å². The van der Waals surface area contributed by atoms with Crippen molar-refractivity contribution in [3.05, 3.63) is 24.3 Å². The Morgan fingerprint density at radius 3 is 2.47 bits per heavy atom. The van der Waals surface area contributed by atoms with Crippen LogP contribution in [0.25, 0.3) is 0 Å². The first-order chi connectivity index (χ1) is 8.34. The SMILES string of the molecule is O=C(c1cnccn1)N1CC2CCCCC2C1. The molecule has 1 aliphatic carbocycles. The average molecular weight is 231 g/mol. The number of fused-ring (bicyclic) bond motifs is 1. The van der Waals surface area contributed by atoms with Crippen LogP contribution in [0.5, 0.6) is 0 Å². The molecule has 4 heteroatoms.